The third kappa shape index (κ3) is 3.67. The Bertz CT molecular complexity index is 882. The molecule has 3 heteroatoms. The summed E-state index contributed by atoms with van der Waals surface area (Å²) in [5.41, 5.74) is 3.88. The van der Waals surface area contributed by atoms with Gasteiger partial charge in [0.05, 0.1) is 0 Å². The van der Waals surface area contributed by atoms with Crippen molar-refractivity contribution in [2.45, 2.75) is 45.2 Å². The first-order chi connectivity index (χ1) is 12.8. The molecule has 0 saturated heterocycles. The standard InChI is InChI=1S/C23H26N2O/c26-23-13-5-2-8-15-24-18-20(21-11-6-7-12-22(21)24)14-16-25(23)17-19-9-3-1-4-10-19/h1,3-4,6-7,9-12,18H,2,5,8,13-17H2. The Hall–Kier alpha value is -2.55. The van der Waals surface area contributed by atoms with Gasteiger partial charge >= 0.3 is 0 Å². The lowest BCUT2D eigenvalue weighted by Crippen LogP contribution is -2.32. The van der Waals surface area contributed by atoms with E-state index in [2.05, 4.69) is 47.2 Å². The quantitative estimate of drug-likeness (QED) is 0.655. The summed E-state index contributed by atoms with van der Waals surface area (Å²) in [7, 11) is 0. The second-order valence-electron chi connectivity index (χ2n) is 7.23. The molecule has 0 fully saturated rings. The van der Waals surface area contributed by atoms with Gasteiger partial charge in [-0.25, -0.2) is 0 Å². The SMILES string of the molecule is O=C1CCCCCn2cc(c3ccccc32)CCN1Cc1ccccc1. The number of amides is 1. The third-order valence-electron chi connectivity index (χ3n) is 5.38. The minimum atomic E-state index is 0.290. The second kappa shape index (κ2) is 7.77. The van der Waals surface area contributed by atoms with Gasteiger partial charge in [0.2, 0.25) is 5.91 Å². The molecular formula is C23H26N2O. The summed E-state index contributed by atoms with van der Waals surface area (Å²) < 4.78 is 2.40. The number of hydrogen-bond donors (Lipinski definition) is 0. The summed E-state index contributed by atoms with van der Waals surface area (Å²) in [5.74, 6) is 0.290. The van der Waals surface area contributed by atoms with Crippen LogP contribution in [0, 0.1) is 0 Å². The number of fused-ring (bicyclic) bond motifs is 5. The molecule has 3 nitrogen and oxygen atoms in total. The molecular weight excluding hydrogens is 320 g/mol. The summed E-state index contributed by atoms with van der Waals surface area (Å²) in [6, 6.07) is 19.0. The van der Waals surface area contributed by atoms with E-state index in [1.54, 1.807) is 0 Å². The van der Waals surface area contributed by atoms with Gasteiger partial charge in [-0.1, -0.05) is 55.0 Å². The fraction of sp³-hybridized carbons (Fsp3) is 0.348. The average Bonchev–Trinajstić information content (AvgIpc) is 3.03. The van der Waals surface area contributed by atoms with Crippen LogP contribution >= 0.6 is 0 Å². The van der Waals surface area contributed by atoms with Gasteiger partial charge in [0.1, 0.15) is 0 Å². The van der Waals surface area contributed by atoms with Crippen LogP contribution in [-0.4, -0.2) is 21.9 Å². The molecule has 0 spiro atoms. The number of rotatable bonds is 2. The Morgan fingerprint density at radius 1 is 0.808 bits per heavy atom. The van der Waals surface area contributed by atoms with Crippen molar-refractivity contribution in [3.63, 3.8) is 0 Å². The number of hydrogen-bond acceptors (Lipinski definition) is 1. The van der Waals surface area contributed by atoms with E-state index < -0.39 is 0 Å². The number of para-hydroxylation sites is 1. The number of nitrogens with zero attached hydrogens (tertiary/aromatic N) is 2. The maximum Gasteiger partial charge on any atom is 0.222 e. The molecule has 2 aromatic carbocycles. The lowest BCUT2D eigenvalue weighted by molar-refractivity contribution is -0.131. The molecule has 4 rings (SSSR count). The zero-order valence-electron chi connectivity index (χ0n) is 15.2. The number of aromatic nitrogens is 1. The van der Waals surface area contributed by atoms with E-state index >= 15 is 0 Å². The number of carbonyl (C=O) groups excluding carboxylic acids is 1. The maximum absolute atomic E-state index is 12.8. The summed E-state index contributed by atoms with van der Waals surface area (Å²) in [4.78, 5) is 14.8. The molecule has 2 bridgehead atoms. The molecule has 1 aliphatic heterocycles. The van der Waals surface area contributed by atoms with Crippen LogP contribution in [0.2, 0.25) is 0 Å². The Morgan fingerprint density at radius 3 is 2.50 bits per heavy atom. The van der Waals surface area contributed by atoms with E-state index in [9.17, 15) is 4.79 Å². The Labute approximate surface area is 155 Å². The van der Waals surface area contributed by atoms with Crippen molar-refractivity contribution in [1.82, 2.24) is 9.47 Å². The highest BCUT2D eigenvalue weighted by Gasteiger charge is 2.16. The number of carbonyl (C=O) groups is 1. The van der Waals surface area contributed by atoms with Crippen LogP contribution in [0.3, 0.4) is 0 Å². The largest absolute Gasteiger partial charge is 0.347 e. The normalized spacial score (nSPS) is 16.3. The highest BCUT2D eigenvalue weighted by molar-refractivity contribution is 5.84. The average molecular weight is 346 g/mol. The number of aryl methyl sites for hydroxylation is 1. The molecule has 1 aliphatic rings. The van der Waals surface area contributed by atoms with Crippen molar-refractivity contribution in [2.75, 3.05) is 6.54 Å². The van der Waals surface area contributed by atoms with Crippen LogP contribution < -0.4 is 0 Å². The maximum atomic E-state index is 12.8. The molecule has 0 aliphatic carbocycles. The number of benzene rings is 2. The Morgan fingerprint density at radius 2 is 1.62 bits per heavy atom. The van der Waals surface area contributed by atoms with Gasteiger partial charge in [0.15, 0.2) is 0 Å². The predicted molar refractivity (Wildman–Crippen MR) is 106 cm³/mol. The van der Waals surface area contributed by atoms with Gasteiger partial charge < -0.3 is 9.47 Å². The topological polar surface area (TPSA) is 25.2 Å². The molecule has 0 saturated carbocycles. The first kappa shape index (κ1) is 16.9. The monoisotopic (exact) mass is 346 g/mol. The Balaban J connectivity index is 1.61. The van der Waals surface area contributed by atoms with Crippen molar-refractivity contribution in [3.05, 3.63) is 71.9 Å². The summed E-state index contributed by atoms with van der Waals surface area (Å²) >= 11 is 0. The van der Waals surface area contributed by atoms with Crippen LogP contribution in [0.1, 0.15) is 36.8 Å². The van der Waals surface area contributed by atoms with Crippen LogP contribution in [0.25, 0.3) is 10.9 Å². The van der Waals surface area contributed by atoms with Crippen LogP contribution in [-0.2, 0) is 24.3 Å². The molecule has 134 valence electrons. The van der Waals surface area contributed by atoms with Gasteiger partial charge in [-0.15, -0.1) is 0 Å². The highest BCUT2D eigenvalue weighted by Crippen LogP contribution is 2.24. The molecule has 2 heterocycles. The molecule has 0 N–H and O–H groups in total. The zero-order chi connectivity index (χ0) is 17.8. The lowest BCUT2D eigenvalue weighted by atomic mass is 10.1. The van der Waals surface area contributed by atoms with Crippen molar-refractivity contribution in [1.29, 1.82) is 0 Å². The Kier molecular flexibility index (Phi) is 5.05. The molecule has 0 radical (unpaired) electrons. The van der Waals surface area contributed by atoms with E-state index in [1.165, 1.54) is 22.0 Å². The fourth-order valence-corrected chi connectivity index (χ4v) is 3.95. The van der Waals surface area contributed by atoms with Gasteiger partial charge in [-0.3, -0.25) is 4.79 Å². The smallest absolute Gasteiger partial charge is 0.222 e. The van der Waals surface area contributed by atoms with Gasteiger partial charge in [-0.2, -0.15) is 0 Å². The third-order valence-corrected chi connectivity index (χ3v) is 5.38. The zero-order valence-corrected chi connectivity index (χ0v) is 15.2. The minimum absolute atomic E-state index is 0.290. The predicted octanol–water partition coefficient (Wildman–Crippen LogP) is 4.79. The van der Waals surface area contributed by atoms with Gasteiger partial charge in [0.25, 0.3) is 0 Å². The van der Waals surface area contributed by atoms with E-state index in [0.717, 1.165) is 38.8 Å². The fourth-order valence-electron chi connectivity index (χ4n) is 3.95. The summed E-state index contributed by atoms with van der Waals surface area (Å²) in [6.07, 6.45) is 7.09. The molecule has 1 amide bonds. The minimum Gasteiger partial charge on any atom is -0.347 e. The van der Waals surface area contributed by atoms with Crippen LogP contribution in [0.5, 0.6) is 0 Å². The first-order valence-corrected chi connectivity index (χ1v) is 9.70. The molecule has 26 heavy (non-hydrogen) atoms. The van der Waals surface area contributed by atoms with E-state index in [1.807, 2.05) is 23.1 Å². The first-order valence-electron chi connectivity index (χ1n) is 9.70. The van der Waals surface area contributed by atoms with E-state index in [0.29, 0.717) is 13.0 Å². The lowest BCUT2D eigenvalue weighted by Gasteiger charge is -2.23. The van der Waals surface area contributed by atoms with E-state index in [4.69, 9.17) is 0 Å². The van der Waals surface area contributed by atoms with Crippen molar-refractivity contribution < 1.29 is 4.79 Å². The summed E-state index contributed by atoms with van der Waals surface area (Å²) in [6.45, 7) is 2.53. The van der Waals surface area contributed by atoms with Gasteiger partial charge in [-0.05, 0) is 36.5 Å². The van der Waals surface area contributed by atoms with E-state index in [-0.39, 0.29) is 5.91 Å². The molecule has 1 aromatic heterocycles. The molecule has 0 atom stereocenters. The molecule has 3 aromatic rings. The van der Waals surface area contributed by atoms with Crippen molar-refractivity contribution in [2.24, 2.45) is 0 Å². The second-order valence-corrected chi connectivity index (χ2v) is 7.23. The van der Waals surface area contributed by atoms with Crippen molar-refractivity contribution in [3.8, 4) is 0 Å². The van der Waals surface area contributed by atoms with Crippen LogP contribution in [0.4, 0.5) is 0 Å². The summed E-state index contributed by atoms with van der Waals surface area (Å²) in [5, 5.41) is 1.33. The highest BCUT2D eigenvalue weighted by atomic mass is 16.2. The molecule has 0 unspecified atom stereocenters. The van der Waals surface area contributed by atoms with Crippen molar-refractivity contribution >= 4 is 16.8 Å². The van der Waals surface area contributed by atoms with Gasteiger partial charge in [0, 0.05) is 43.2 Å². The van der Waals surface area contributed by atoms with Crippen LogP contribution in [0.15, 0.2) is 60.8 Å².